The predicted octanol–water partition coefficient (Wildman–Crippen LogP) is 2.05. The van der Waals surface area contributed by atoms with Crippen molar-refractivity contribution in [2.24, 2.45) is 0 Å². The van der Waals surface area contributed by atoms with Crippen molar-refractivity contribution >= 4 is 0 Å². The quantitative estimate of drug-likeness (QED) is 0.552. The molecule has 0 atom stereocenters. The van der Waals surface area contributed by atoms with Crippen LogP contribution in [0.15, 0.2) is 0 Å². The molecule has 3 nitrogen and oxygen atoms in total. The Morgan fingerprint density at radius 1 is 1.00 bits per heavy atom. The number of nitrogens with one attached hydrogen (secondary N) is 2. The van der Waals surface area contributed by atoms with Gasteiger partial charge in [0.2, 0.25) is 0 Å². The first-order valence-corrected chi connectivity index (χ1v) is 5.78. The third kappa shape index (κ3) is 41.5. The summed E-state index contributed by atoms with van der Waals surface area (Å²) < 4.78 is 11.7. The van der Waals surface area contributed by atoms with E-state index in [0.29, 0.717) is 13.1 Å². The molecule has 0 aliphatic carbocycles. The summed E-state index contributed by atoms with van der Waals surface area (Å²) in [6, 6.07) is 0. The molecule has 0 aliphatic rings. The molecule has 0 saturated heterocycles. The molecule has 0 fully saturated rings. The minimum absolute atomic E-state index is 0.497. The zero-order chi connectivity index (χ0) is 12.5. The van der Waals surface area contributed by atoms with Crippen molar-refractivity contribution in [3.63, 3.8) is 0 Å². The van der Waals surface area contributed by atoms with Crippen LogP contribution in [0.1, 0.15) is 33.6 Å². The molecule has 0 aromatic rings. The summed E-state index contributed by atoms with van der Waals surface area (Å²) in [6.45, 7) is 7.91. The highest BCUT2D eigenvalue weighted by Gasteiger charge is 1.87. The maximum Gasteiger partial charge on any atom is 0.0261 e. The first-order chi connectivity index (χ1) is 7.14. The van der Waals surface area contributed by atoms with Crippen LogP contribution in [0.2, 0.25) is 0 Å². The van der Waals surface area contributed by atoms with Gasteiger partial charge in [0.25, 0.3) is 0 Å². The average molecular weight is 223 g/mol. The molecule has 0 unspecified atom stereocenters. The number of hydrogen-bond acceptors (Lipinski definition) is 3. The Morgan fingerprint density at radius 3 is 1.47 bits per heavy atom. The van der Waals surface area contributed by atoms with Gasteiger partial charge in [0.1, 0.15) is 0 Å². The van der Waals surface area contributed by atoms with Crippen LogP contribution in [-0.2, 0) is 0 Å². The van der Waals surface area contributed by atoms with E-state index in [0.717, 1.165) is 11.7 Å². The van der Waals surface area contributed by atoms with Gasteiger partial charge in [0.05, 0.1) is 0 Å². The van der Waals surface area contributed by atoms with Gasteiger partial charge in [-0.3, -0.25) is 0 Å². The SMILES string of the molecule is CCCCNC.CCN(F)CC.CNC. The third-order valence-electron chi connectivity index (χ3n) is 1.47. The molecule has 0 spiro atoms. The highest BCUT2D eigenvalue weighted by molar-refractivity contribution is 4.34. The number of nitrogens with zero attached hydrogens (tertiary/aromatic N) is 1. The van der Waals surface area contributed by atoms with Gasteiger partial charge in [-0.05, 0) is 48.0 Å². The fourth-order valence-electron chi connectivity index (χ4n) is 0.577. The van der Waals surface area contributed by atoms with E-state index in [9.17, 15) is 4.48 Å². The van der Waals surface area contributed by atoms with Gasteiger partial charge < -0.3 is 10.6 Å². The minimum Gasteiger partial charge on any atom is -0.323 e. The molecule has 4 heteroatoms. The van der Waals surface area contributed by atoms with Gasteiger partial charge in [-0.25, -0.2) is 0 Å². The molecule has 0 aliphatic heterocycles. The van der Waals surface area contributed by atoms with Crippen LogP contribution in [0.5, 0.6) is 0 Å². The summed E-state index contributed by atoms with van der Waals surface area (Å²) in [4.78, 5) is 0. The van der Waals surface area contributed by atoms with Crippen LogP contribution >= 0.6 is 0 Å². The molecule has 2 N–H and O–H groups in total. The van der Waals surface area contributed by atoms with Crippen LogP contribution in [0.25, 0.3) is 0 Å². The third-order valence-corrected chi connectivity index (χ3v) is 1.47. The van der Waals surface area contributed by atoms with Crippen molar-refractivity contribution in [1.82, 2.24) is 15.8 Å². The maximum atomic E-state index is 11.7. The normalized spacial score (nSPS) is 8.80. The van der Waals surface area contributed by atoms with Crippen LogP contribution in [0.3, 0.4) is 0 Å². The Labute approximate surface area is 95.4 Å². The lowest BCUT2D eigenvalue weighted by atomic mass is 10.3. The van der Waals surface area contributed by atoms with Gasteiger partial charge in [0.15, 0.2) is 0 Å². The molecule has 0 rings (SSSR count). The van der Waals surface area contributed by atoms with Gasteiger partial charge in [-0.15, -0.1) is 9.60 Å². The highest BCUT2D eigenvalue weighted by Crippen LogP contribution is 1.82. The standard InChI is InChI=1S/C5H13N.C4H10FN.C2H7N/c1-3-4-5-6-2;1-3-6(5)4-2;1-3-2/h6H,3-5H2,1-2H3;3-4H2,1-2H3;3H,1-2H3. The van der Waals surface area contributed by atoms with Crippen LogP contribution in [-0.4, -0.2) is 45.9 Å². The van der Waals surface area contributed by atoms with E-state index in [4.69, 9.17) is 0 Å². The molecule has 0 amide bonds. The molecule has 0 saturated carbocycles. The van der Waals surface area contributed by atoms with E-state index in [1.807, 2.05) is 21.1 Å². The van der Waals surface area contributed by atoms with E-state index in [1.165, 1.54) is 12.8 Å². The monoisotopic (exact) mass is 223 g/mol. The van der Waals surface area contributed by atoms with Crippen molar-refractivity contribution in [2.75, 3.05) is 40.8 Å². The molecule has 0 aromatic heterocycles. The first kappa shape index (κ1) is 20.3. The van der Waals surface area contributed by atoms with Gasteiger partial charge in [0, 0.05) is 13.1 Å². The Morgan fingerprint density at radius 2 is 1.40 bits per heavy atom. The van der Waals surface area contributed by atoms with Crippen molar-refractivity contribution in [3.05, 3.63) is 0 Å². The molecule has 0 radical (unpaired) electrons. The summed E-state index contributed by atoms with van der Waals surface area (Å²) in [5.74, 6) is 0. The lowest BCUT2D eigenvalue weighted by Gasteiger charge is -2.00. The average Bonchev–Trinajstić information content (AvgIpc) is 2.27. The molecule has 15 heavy (non-hydrogen) atoms. The summed E-state index contributed by atoms with van der Waals surface area (Å²) in [5, 5.41) is 6.57. The first-order valence-electron chi connectivity index (χ1n) is 5.78. The fourth-order valence-corrected chi connectivity index (χ4v) is 0.577. The lowest BCUT2D eigenvalue weighted by molar-refractivity contribution is 0.0389. The Hall–Kier alpha value is -0.190. The Bertz CT molecular complexity index is 74.2. The van der Waals surface area contributed by atoms with Crippen molar-refractivity contribution < 1.29 is 4.48 Å². The number of unbranched alkanes of at least 4 members (excludes halogenated alkanes) is 1. The Balaban J connectivity index is -0.000000153. The van der Waals surface area contributed by atoms with E-state index in [1.54, 1.807) is 13.8 Å². The number of halogens is 1. The van der Waals surface area contributed by atoms with Crippen molar-refractivity contribution in [1.29, 1.82) is 0 Å². The fraction of sp³-hybridized carbons (Fsp3) is 1.00. The summed E-state index contributed by atoms with van der Waals surface area (Å²) >= 11 is 0. The Kier molecular flexibility index (Phi) is 31.8. The van der Waals surface area contributed by atoms with Crippen LogP contribution < -0.4 is 10.6 Å². The molecule has 0 aromatic carbocycles. The second-order valence-corrected chi connectivity index (χ2v) is 3.05. The van der Waals surface area contributed by atoms with E-state index < -0.39 is 0 Å². The summed E-state index contributed by atoms with van der Waals surface area (Å²) in [5.41, 5.74) is 0. The summed E-state index contributed by atoms with van der Waals surface area (Å²) in [6.07, 6.45) is 2.59. The maximum absolute atomic E-state index is 11.7. The topological polar surface area (TPSA) is 27.3 Å². The van der Waals surface area contributed by atoms with E-state index in [2.05, 4.69) is 17.6 Å². The van der Waals surface area contributed by atoms with Crippen molar-refractivity contribution in [3.8, 4) is 0 Å². The molecular formula is C11H30FN3. The zero-order valence-corrected chi connectivity index (χ0v) is 11.4. The molecular weight excluding hydrogens is 193 g/mol. The van der Waals surface area contributed by atoms with Crippen LogP contribution in [0, 0.1) is 0 Å². The van der Waals surface area contributed by atoms with Crippen LogP contribution in [0.4, 0.5) is 4.48 Å². The van der Waals surface area contributed by atoms with Gasteiger partial charge in [-0.1, -0.05) is 13.3 Å². The van der Waals surface area contributed by atoms with Gasteiger partial charge in [-0.2, -0.15) is 0 Å². The summed E-state index contributed by atoms with van der Waals surface area (Å²) in [7, 11) is 5.73. The van der Waals surface area contributed by atoms with Gasteiger partial charge >= 0.3 is 0 Å². The zero-order valence-electron chi connectivity index (χ0n) is 11.4. The minimum atomic E-state index is 0.497. The molecule has 96 valence electrons. The lowest BCUT2D eigenvalue weighted by Crippen LogP contribution is -2.10. The largest absolute Gasteiger partial charge is 0.323 e. The second-order valence-electron chi connectivity index (χ2n) is 3.05. The predicted molar refractivity (Wildman–Crippen MR) is 67.8 cm³/mol. The van der Waals surface area contributed by atoms with E-state index >= 15 is 0 Å². The number of hydrogen-bond donors (Lipinski definition) is 2. The van der Waals surface area contributed by atoms with E-state index in [-0.39, 0.29) is 0 Å². The smallest absolute Gasteiger partial charge is 0.0261 e. The number of rotatable bonds is 5. The molecule has 0 heterocycles. The highest BCUT2D eigenvalue weighted by atomic mass is 19.2. The van der Waals surface area contributed by atoms with Crippen molar-refractivity contribution in [2.45, 2.75) is 33.6 Å². The molecule has 0 bridgehead atoms. The second kappa shape index (κ2) is 23.5.